The first-order valence-electron chi connectivity index (χ1n) is 5.87. The van der Waals surface area contributed by atoms with Gasteiger partial charge in [-0.2, -0.15) is 0 Å². The van der Waals surface area contributed by atoms with Gasteiger partial charge in [0.2, 0.25) is 0 Å². The maximum atomic E-state index is 10.7. The second-order valence-corrected chi connectivity index (χ2v) is 3.68. The second kappa shape index (κ2) is 13.9. The summed E-state index contributed by atoms with van der Waals surface area (Å²) in [5, 5.41) is 2.81. The number of nitrogens with one attached hydrogen (secondary N) is 1. The van der Waals surface area contributed by atoms with Gasteiger partial charge in [0.05, 0.1) is 7.11 Å². The zero-order valence-electron chi connectivity index (χ0n) is 10.8. The predicted molar refractivity (Wildman–Crippen MR) is 65.5 cm³/mol. The second-order valence-electron chi connectivity index (χ2n) is 3.68. The van der Waals surface area contributed by atoms with E-state index in [-0.39, 0.29) is 6.09 Å². The van der Waals surface area contributed by atoms with E-state index in [0.29, 0.717) is 6.04 Å². The number of rotatable bonds is 1. The molecule has 0 atom stereocenters. The van der Waals surface area contributed by atoms with E-state index in [1.807, 2.05) is 6.79 Å². The van der Waals surface area contributed by atoms with Gasteiger partial charge in [0, 0.05) is 6.04 Å². The van der Waals surface area contributed by atoms with Crippen molar-refractivity contribution in [1.29, 1.82) is 0 Å². The maximum absolute atomic E-state index is 10.7. The Kier molecular flexibility index (Phi) is 15.1. The van der Waals surface area contributed by atoms with Crippen LogP contribution < -0.4 is 5.32 Å². The molecule has 1 saturated carbocycles. The standard InChI is InChI=1S/C8H15NO2.C3H8.CH2O/c1-11-8(10)9-7-5-3-2-4-6-7;1-3-2;1-2/h7H,2-6H2,1H3,(H,9,10);3H2,1-2H3;1H2. The highest BCUT2D eigenvalue weighted by atomic mass is 16.5. The Morgan fingerprint density at radius 3 is 2.06 bits per heavy atom. The Bertz CT molecular complexity index is 156. The first-order chi connectivity index (χ1) is 7.74. The van der Waals surface area contributed by atoms with Gasteiger partial charge in [0.15, 0.2) is 0 Å². The van der Waals surface area contributed by atoms with Gasteiger partial charge >= 0.3 is 6.09 Å². The third-order valence-corrected chi connectivity index (χ3v) is 2.11. The van der Waals surface area contributed by atoms with Gasteiger partial charge < -0.3 is 14.8 Å². The molecular weight excluding hydrogens is 206 g/mol. The molecule has 1 rings (SSSR count). The van der Waals surface area contributed by atoms with Crippen LogP contribution in [0.3, 0.4) is 0 Å². The first kappa shape index (κ1) is 17.3. The Balaban J connectivity index is 0. The summed E-state index contributed by atoms with van der Waals surface area (Å²) in [6.07, 6.45) is 6.93. The van der Waals surface area contributed by atoms with E-state index in [1.165, 1.54) is 32.8 Å². The van der Waals surface area contributed by atoms with Crippen LogP contribution in [0, 0.1) is 0 Å². The number of hydrogen-bond donors (Lipinski definition) is 1. The average Bonchev–Trinajstić information content (AvgIpc) is 2.34. The molecule has 1 aliphatic carbocycles. The van der Waals surface area contributed by atoms with Crippen molar-refractivity contribution < 1.29 is 14.3 Å². The van der Waals surface area contributed by atoms with Gasteiger partial charge in [0.1, 0.15) is 6.79 Å². The van der Waals surface area contributed by atoms with Crippen molar-refractivity contribution in [2.45, 2.75) is 58.4 Å². The quantitative estimate of drug-likeness (QED) is 0.755. The van der Waals surface area contributed by atoms with Crippen molar-refractivity contribution in [1.82, 2.24) is 5.32 Å². The highest BCUT2D eigenvalue weighted by molar-refractivity contribution is 5.67. The molecule has 0 saturated heterocycles. The molecule has 0 aromatic rings. The lowest BCUT2D eigenvalue weighted by Gasteiger charge is -2.21. The number of ether oxygens (including phenoxy) is 1. The zero-order valence-corrected chi connectivity index (χ0v) is 10.8. The summed E-state index contributed by atoms with van der Waals surface area (Å²) in [4.78, 5) is 18.7. The van der Waals surface area contributed by atoms with Crippen molar-refractivity contribution in [2.24, 2.45) is 0 Å². The molecular formula is C12H25NO3. The van der Waals surface area contributed by atoms with Crippen LogP contribution >= 0.6 is 0 Å². The predicted octanol–water partition coefficient (Wildman–Crippen LogP) is 2.91. The van der Waals surface area contributed by atoms with E-state index in [9.17, 15) is 4.79 Å². The van der Waals surface area contributed by atoms with Crippen molar-refractivity contribution >= 4 is 12.9 Å². The Morgan fingerprint density at radius 2 is 1.69 bits per heavy atom. The smallest absolute Gasteiger partial charge is 0.407 e. The summed E-state index contributed by atoms with van der Waals surface area (Å²) < 4.78 is 4.50. The van der Waals surface area contributed by atoms with E-state index in [0.717, 1.165) is 12.8 Å². The third-order valence-electron chi connectivity index (χ3n) is 2.11. The third kappa shape index (κ3) is 11.0. The molecule has 0 aliphatic heterocycles. The van der Waals surface area contributed by atoms with Crippen LogP contribution in [-0.4, -0.2) is 26.0 Å². The van der Waals surface area contributed by atoms with Crippen molar-refractivity contribution in [3.63, 3.8) is 0 Å². The summed E-state index contributed by atoms with van der Waals surface area (Å²) in [5.74, 6) is 0. The van der Waals surface area contributed by atoms with Gasteiger partial charge in [-0.1, -0.05) is 39.5 Å². The van der Waals surface area contributed by atoms with Crippen LogP contribution in [0.1, 0.15) is 52.4 Å². The molecule has 1 aliphatic rings. The van der Waals surface area contributed by atoms with Crippen LogP contribution in [0.5, 0.6) is 0 Å². The average molecular weight is 231 g/mol. The normalized spacial score (nSPS) is 14.7. The first-order valence-corrected chi connectivity index (χ1v) is 5.87. The molecule has 0 radical (unpaired) electrons. The van der Waals surface area contributed by atoms with Crippen LogP contribution in [0.15, 0.2) is 0 Å². The van der Waals surface area contributed by atoms with E-state index >= 15 is 0 Å². The monoisotopic (exact) mass is 231 g/mol. The fraction of sp³-hybridized carbons (Fsp3) is 0.833. The van der Waals surface area contributed by atoms with Gasteiger partial charge in [0.25, 0.3) is 0 Å². The Labute approximate surface area is 98.7 Å². The lowest BCUT2D eigenvalue weighted by atomic mass is 9.96. The van der Waals surface area contributed by atoms with Crippen LogP contribution in [-0.2, 0) is 9.53 Å². The molecule has 0 heterocycles. The van der Waals surface area contributed by atoms with Crippen LogP contribution in [0.4, 0.5) is 4.79 Å². The van der Waals surface area contributed by atoms with Gasteiger partial charge in [-0.05, 0) is 12.8 Å². The van der Waals surface area contributed by atoms with Crippen molar-refractivity contribution in [3.05, 3.63) is 0 Å². The number of hydrogen-bond acceptors (Lipinski definition) is 3. The lowest BCUT2D eigenvalue weighted by Crippen LogP contribution is -2.35. The van der Waals surface area contributed by atoms with Gasteiger partial charge in [-0.25, -0.2) is 4.79 Å². The highest BCUT2D eigenvalue weighted by Gasteiger charge is 2.14. The molecule has 1 fully saturated rings. The molecule has 0 bridgehead atoms. The van der Waals surface area contributed by atoms with E-state index in [1.54, 1.807) is 0 Å². The molecule has 1 N–H and O–H groups in total. The van der Waals surface area contributed by atoms with E-state index in [2.05, 4.69) is 23.9 Å². The van der Waals surface area contributed by atoms with Crippen molar-refractivity contribution in [2.75, 3.05) is 7.11 Å². The molecule has 16 heavy (non-hydrogen) atoms. The Morgan fingerprint density at radius 1 is 1.25 bits per heavy atom. The zero-order chi connectivity index (χ0) is 12.8. The summed E-state index contributed by atoms with van der Waals surface area (Å²) in [6, 6.07) is 0.358. The number of amides is 1. The summed E-state index contributed by atoms with van der Waals surface area (Å²) in [7, 11) is 1.40. The van der Waals surface area contributed by atoms with Gasteiger partial charge in [-0.15, -0.1) is 0 Å². The highest BCUT2D eigenvalue weighted by Crippen LogP contribution is 2.17. The molecule has 1 amide bonds. The van der Waals surface area contributed by atoms with E-state index in [4.69, 9.17) is 4.79 Å². The maximum Gasteiger partial charge on any atom is 0.407 e. The number of carbonyl (C=O) groups is 2. The minimum absolute atomic E-state index is 0.295. The van der Waals surface area contributed by atoms with E-state index < -0.39 is 0 Å². The summed E-state index contributed by atoms with van der Waals surface area (Å²) >= 11 is 0. The topological polar surface area (TPSA) is 55.4 Å². The largest absolute Gasteiger partial charge is 0.453 e. The van der Waals surface area contributed by atoms with Crippen molar-refractivity contribution in [3.8, 4) is 0 Å². The molecule has 4 heteroatoms. The SMILES string of the molecule is C=O.CCC.COC(=O)NC1CCCCC1. The molecule has 4 nitrogen and oxygen atoms in total. The van der Waals surface area contributed by atoms with Crippen LogP contribution in [0.25, 0.3) is 0 Å². The molecule has 0 spiro atoms. The Hall–Kier alpha value is -1.06. The van der Waals surface area contributed by atoms with Gasteiger partial charge in [-0.3, -0.25) is 0 Å². The molecule has 0 aromatic carbocycles. The van der Waals surface area contributed by atoms with Crippen LogP contribution in [0.2, 0.25) is 0 Å². The summed E-state index contributed by atoms with van der Waals surface area (Å²) in [6.45, 7) is 6.25. The number of methoxy groups -OCH3 is 1. The molecule has 0 unspecified atom stereocenters. The minimum atomic E-state index is -0.295. The number of alkyl carbamates (subject to hydrolysis) is 1. The lowest BCUT2D eigenvalue weighted by molar-refractivity contribution is -0.0979. The fourth-order valence-corrected chi connectivity index (χ4v) is 1.47. The molecule has 96 valence electrons. The minimum Gasteiger partial charge on any atom is -0.453 e. The summed E-state index contributed by atoms with van der Waals surface area (Å²) in [5.41, 5.74) is 0. The fourth-order valence-electron chi connectivity index (χ4n) is 1.47. The number of carbonyl (C=O) groups excluding carboxylic acids is 2. The molecule has 0 aromatic heterocycles.